The van der Waals surface area contributed by atoms with Crippen LogP contribution in [0.5, 0.6) is 0 Å². The Morgan fingerprint density at radius 3 is 2.88 bits per heavy atom. The lowest BCUT2D eigenvalue weighted by Crippen LogP contribution is -2.31. The third-order valence-corrected chi connectivity index (χ3v) is 4.28. The Bertz CT molecular complexity index is 409. The van der Waals surface area contributed by atoms with E-state index in [0.29, 0.717) is 0 Å². The van der Waals surface area contributed by atoms with Gasteiger partial charge in [-0.15, -0.1) is 0 Å². The minimum Gasteiger partial charge on any atom is -0.389 e. The van der Waals surface area contributed by atoms with E-state index in [1.807, 2.05) is 6.92 Å². The fraction of sp³-hybridized carbons (Fsp3) is 0.600. The first kappa shape index (κ1) is 11.1. The van der Waals surface area contributed by atoms with Crippen LogP contribution in [0.15, 0.2) is 18.2 Å². The smallest absolute Gasteiger partial charge is 0.0762 e. The highest BCUT2D eigenvalue weighted by Gasteiger charge is 2.25. The fourth-order valence-electron chi connectivity index (χ4n) is 2.93. The van der Waals surface area contributed by atoms with Crippen LogP contribution in [0, 0.1) is 5.92 Å². The van der Waals surface area contributed by atoms with Gasteiger partial charge >= 0.3 is 0 Å². The number of benzene rings is 1. The summed E-state index contributed by atoms with van der Waals surface area (Å²) in [7, 11) is 0. The van der Waals surface area contributed by atoms with E-state index in [9.17, 15) is 5.11 Å². The molecule has 0 radical (unpaired) electrons. The van der Waals surface area contributed by atoms with E-state index in [0.717, 1.165) is 24.4 Å². The van der Waals surface area contributed by atoms with Crippen molar-refractivity contribution in [3.8, 4) is 0 Å². The molecule has 0 bridgehead atoms. The number of aliphatic hydroxyl groups excluding tert-OH is 1. The first-order chi connectivity index (χ1) is 8.24. The number of hydrogen-bond acceptors (Lipinski definition) is 2. The highest BCUT2D eigenvalue weighted by Crippen LogP contribution is 2.34. The lowest BCUT2D eigenvalue weighted by Gasteiger charge is -2.31. The molecule has 3 rings (SSSR count). The second-order valence-corrected chi connectivity index (χ2v) is 5.56. The number of hydrogen-bond donors (Lipinski definition) is 1. The number of aliphatic hydroxyl groups is 1. The van der Waals surface area contributed by atoms with Gasteiger partial charge in [0.2, 0.25) is 0 Å². The first-order valence-electron chi connectivity index (χ1n) is 6.80. The maximum Gasteiger partial charge on any atom is 0.0762 e. The average Bonchev–Trinajstić information content (AvgIpc) is 2.65. The van der Waals surface area contributed by atoms with Crippen molar-refractivity contribution >= 4 is 5.69 Å². The number of nitrogens with zero attached hydrogens (tertiary/aromatic N) is 1. The molecule has 1 N–H and O–H groups in total. The van der Waals surface area contributed by atoms with Gasteiger partial charge in [0.15, 0.2) is 0 Å². The summed E-state index contributed by atoms with van der Waals surface area (Å²) < 4.78 is 0. The molecule has 1 unspecified atom stereocenters. The normalized spacial score (nSPS) is 21.2. The van der Waals surface area contributed by atoms with Crippen LogP contribution in [0.1, 0.15) is 43.4 Å². The van der Waals surface area contributed by atoms with Gasteiger partial charge in [0.1, 0.15) is 0 Å². The largest absolute Gasteiger partial charge is 0.389 e. The molecule has 0 amide bonds. The minimum absolute atomic E-state index is 0.346. The molecule has 1 saturated carbocycles. The lowest BCUT2D eigenvalue weighted by molar-refractivity contribution is 0.199. The molecule has 0 aromatic heterocycles. The molecule has 92 valence electrons. The van der Waals surface area contributed by atoms with Gasteiger partial charge in [0.25, 0.3) is 0 Å². The average molecular weight is 231 g/mol. The van der Waals surface area contributed by atoms with E-state index in [1.54, 1.807) is 0 Å². The zero-order chi connectivity index (χ0) is 11.8. The Kier molecular flexibility index (Phi) is 2.83. The van der Waals surface area contributed by atoms with Crippen LogP contribution in [-0.4, -0.2) is 18.2 Å². The molecule has 1 atom stereocenters. The van der Waals surface area contributed by atoms with Gasteiger partial charge < -0.3 is 10.0 Å². The molecule has 2 aliphatic rings. The standard InChI is InChI=1S/C15H21NO/c1-11(17)13-5-6-15-14(9-13)7-8-16(15)10-12-3-2-4-12/h5-6,9,11-12,17H,2-4,7-8,10H2,1H3. The number of anilines is 1. The molecule has 1 aliphatic heterocycles. The highest BCUT2D eigenvalue weighted by molar-refractivity contribution is 5.59. The number of rotatable bonds is 3. The molecule has 1 aromatic carbocycles. The predicted molar refractivity (Wildman–Crippen MR) is 70.3 cm³/mol. The van der Waals surface area contributed by atoms with Gasteiger partial charge in [0, 0.05) is 18.8 Å². The lowest BCUT2D eigenvalue weighted by atomic mass is 9.85. The summed E-state index contributed by atoms with van der Waals surface area (Å²) in [6.45, 7) is 4.24. The summed E-state index contributed by atoms with van der Waals surface area (Å²) in [6, 6.07) is 6.45. The van der Waals surface area contributed by atoms with Gasteiger partial charge in [-0.3, -0.25) is 0 Å². The molecule has 1 heterocycles. The second kappa shape index (κ2) is 4.34. The van der Waals surface area contributed by atoms with E-state index >= 15 is 0 Å². The molecular weight excluding hydrogens is 210 g/mol. The van der Waals surface area contributed by atoms with E-state index in [-0.39, 0.29) is 6.10 Å². The Morgan fingerprint density at radius 2 is 2.24 bits per heavy atom. The molecule has 2 heteroatoms. The Hall–Kier alpha value is -1.02. The van der Waals surface area contributed by atoms with Crippen LogP contribution in [-0.2, 0) is 6.42 Å². The Labute approximate surface area is 103 Å². The van der Waals surface area contributed by atoms with Gasteiger partial charge in [0.05, 0.1) is 6.10 Å². The first-order valence-corrected chi connectivity index (χ1v) is 6.80. The van der Waals surface area contributed by atoms with Crippen LogP contribution in [0.3, 0.4) is 0 Å². The van der Waals surface area contributed by atoms with Crippen LogP contribution < -0.4 is 4.90 Å². The van der Waals surface area contributed by atoms with Crippen molar-refractivity contribution < 1.29 is 5.11 Å². The maximum atomic E-state index is 9.60. The summed E-state index contributed by atoms with van der Waals surface area (Å²) in [6.07, 6.45) is 5.05. The van der Waals surface area contributed by atoms with Crippen molar-refractivity contribution in [3.05, 3.63) is 29.3 Å². The summed E-state index contributed by atoms with van der Waals surface area (Å²) in [5.74, 6) is 0.928. The third kappa shape index (κ3) is 2.06. The monoisotopic (exact) mass is 231 g/mol. The molecule has 17 heavy (non-hydrogen) atoms. The third-order valence-electron chi connectivity index (χ3n) is 4.28. The van der Waals surface area contributed by atoms with Crippen molar-refractivity contribution in [3.63, 3.8) is 0 Å². The number of fused-ring (bicyclic) bond motifs is 1. The summed E-state index contributed by atoms with van der Waals surface area (Å²) in [5, 5.41) is 9.60. The highest BCUT2D eigenvalue weighted by atomic mass is 16.3. The van der Waals surface area contributed by atoms with Gasteiger partial charge in [-0.05, 0) is 49.3 Å². The van der Waals surface area contributed by atoms with Crippen molar-refractivity contribution in [2.75, 3.05) is 18.0 Å². The van der Waals surface area contributed by atoms with Crippen LogP contribution in [0.2, 0.25) is 0 Å². The zero-order valence-electron chi connectivity index (χ0n) is 10.5. The molecule has 0 spiro atoms. The van der Waals surface area contributed by atoms with Crippen molar-refractivity contribution in [2.45, 2.75) is 38.7 Å². The fourth-order valence-corrected chi connectivity index (χ4v) is 2.93. The zero-order valence-corrected chi connectivity index (χ0v) is 10.5. The molecule has 0 saturated heterocycles. The van der Waals surface area contributed by atoms with Crippen molar-refractivity contribution in [1.29, 1.82) is 0 Å². The quantitative estimate of drug-likeness (QED) is 0.864. The van der Waals surface area contributed by atoms with E-state index < -0.39 is 0 Å². The van der Waals surface area contributed by atoms with Crippen molar-refractivity contribution in [2.24, 2.45) is 5.92 Å². The van der Waals surface area contributed by atoms with E-state index in [2.05, 4.69) is 23.1 Å². The SMILES string of the molecule is CC(O)c1ccc2c(c1)CCN2CC1CCC1. The topological polar surface area (TPSA) is 23.5 Å². The Morgan fingerprint density at radius 1 is 1.41 bits per heavy atom. The van der Waals surface area contributed by atoms with Crippen LogP contribution in [0.4, 0.5) is 5.69 Å². The molecule has 1 aliphatic carbocycles. The second-order valence-electron chi connectivity index (χ2n) is 5.56. The molecule has 1 fully saturated rings. The van der Waals surface area contributed by atoms with Gasteiger partial charge in [-0.1, -0.05) is 18.6 Å². The van der Waals surface area contributed by atoms with Crippen molar-refractivity contribution in [1.82, 2.24) is 0 Å². The molecule has 1 aromatic rings. The summed E-state index contributed by atoms with van der Waals surface area (Å²) in [5.41, 5.74) is 3.87. The van der Waals surface area contributed by atoms with Gasteiger partial charge in [-0.2, -0.15) is 0 Å². The minimum atomic E-state index is -0.346. The van der Waals surface area contributed by atoms with E-state index in [1.165, 1.54) is 37.1 Å². The predicted octanol–water partition coefficient (Wildman–Crippen LogP) is 2.90. The summed E-state index contributed by atoms with van der Waals surface area (Å²) in [4.78, 5) is 2.53. The van der Waals surface area contributed by atoms with Gasteiger partial charge in [-0.25, -0.2) is 0 Å². The molecular formula is C15H21NO. The Balaban J connectivity index is 1.77. The maximum absolute atomic E-state index is 9.60. The van der Waals surface area contributed by atoms with E-state index in [4.69, 9.17) is 0 Å². The van der Waals surface area contributed by atoms with Crippen LogP contribution in [0.25, 0.3) is 0 Å². The van der Waals surface area contributed by atoms with Crippen LogP contribution >= 0.6 is 0 Å². The molecule has 2 nitrogen and oxygen atoms in total. The summed E-state index contributed by atoms with van der Waals surface area (Å²) >= 11 is 0.